The lowest BCUT2D eigenvalue weighted by Crippen LogP contribution is -2.39. The zero-order chi connectivity index (χ0) is 13.8. The molecule has 0 radical (unpaired) electrons. The van der Waals surface area contributed by atoms with E-state index in [0.717, 1.165) is 12.1 Å². The molecule has 0 amide bonds. The number of Topliss-reactive ketones (excluding diaryl/α,β-unsaturated/α-hetero) is 1. The van der Waals surface area contributed by atoms with E-state index < -0.39 is 17.2 Å². The fourth-order valence-electron chi connectivity index (χ4n) is 1.72. The van der Waals surface area contributed by atoms with Gasteiger partial charge in [-0.1, -0.05) is 13.0 Å². The normalized spacial score (nSPS) is 14.3. The molecule has 1 atom stereocenters. The zero-order valence-electron chi connectivity index (χ0n) is 10.9. The van der Waals surface area contributed by atoms with Gasteiger partial charge in [-0.2, -0.15) is 0 Å². The van der Waals surface area contributed by atoms with Crippen LogP contribution in [-0.2, 0) is 16.0 Å². The molecule has 0 aliphatic carbocycles. The Balaban J connectivity index is 2.83. The molecular weight excluding hydrogens is 238 g/mol. The summed E-state index contributed by atoms with van der Waals surface area (Å²) in [6, 6.07) is 3.50. The van der Waals surface area contributed by atoms with Gasteiger partial charge < -0.3 is 4.74 Å². The molecule has 100 valence electrons. The lowest BCUT2D eigenvalue weighted by atomic mass is 9.92. The summed E-state index contributed by atoms with van der Waals surface area (Å²) in [5.41, 5.74) is -0.405. The van der Waals surface area contributed by atoms with Gasteiger partial charge in [0, 0.05) is 13.0 Å². The molecule has 4 heteroatoms. The van der Waals surface area contributed by atoms with Crippen LogP contribution in [0.2, 0.25) is 0 Å². The maximum Gasteiger partial charge on any atom is 0.168 e. The van der Waals surface area contributed by atoms with Gasteiger partial charge in [-0.25, -0.2) is 8.78 Å². The number of benzene rings is 1. The molecule has 1 aromatic carbocycles. The van der Waals surface area contributed by atoms with Crippen molar-refractivity contribution in [1.29, 1.82) is 0 Å². The minimum atomic E-state index is -0.935. The topological polar surface area (TPSA) is 26.3 Å². The molecule has 0 bridgehead atoms. The average molecular weight is 256 g/mol. The predicted octanol–water partition coefficient (Wildman–Crippen LogP) is 3.28. The van der Waals surface area contributed by atoms with E-state index in [-0.39, 0.29) is 12.2 Å². The van der Waals surface area contributed by atoms with Gasteiger partial charge in [0.25, 0.3) is 0 Å². The van der Waals surface area contributed by atoms with Crippen molar-refractivity contribution in [3.63, 3.8) is 0 Å². The summed E-state index contributed by atoms with van der Waals surface area (Å²) in [6.45, 7) is 5.84. The molecular formula is C14H18F2O2. The molecule has 1 aromatic rings. The number of hydrogen-bond acceptors (Lipinski definition) is 2. The Kier molecular flexibility index (Phi) is 4.96. The maximum absolute atomic E-state index is 13.0. The predicted molar refractivity (Wildman–Crippen MR) is 65.4 cm³/mol. The van der Waals surface area contributed by atoms with Crippen molar-refractivity contribution >= 4 is 5.78 Å². The standard InChI is InChI=1S/C14H18F2O2/c1-4-14(3,18-5-2)13(17)9-10-6-7-11(15)12(16)8-10/h6-8H,4-5,9H2,1-3H3. The summed E-state index contributed by atoms with van der Waals surface area (Å²) in [7, 11) is 0. The van der Waals surface area contributed by atoms with Crippen LogP contribution in [0.5, 0.6) is 0 Å². The van der Waals surface area contributed by atoms with Crippen molar-refractivity contribution in [3.05, 3.63) is 35.4 Å². The molecule has 1 unspecified atom stereocenters. The largest absolute Gasteiger partial charge is 0.368 e. The highest BCUT2D eigenvalue weighted by atomic mass is 19.2. The summed E-state index contributed by atoms with van der Waals surface area (Å²) >= 11 is 0. The smallest absolute Gasteiger partial charge is 0.168 e. The molecule has 0 fully saturated rings. The van der Waals surface area contributed by atoms with Gasteiger partial charge in [-0.3, -0.25) is 4.79 Å². The number of ether oxygens (including phenoxy) is 1. The van der Waals surface area contributed by atoms with Gasteiger partial charge in [0.2, 0.25) is 0 Å². The Morgan fingerprint density at radius 3 is 2.44 bits per heavy atom. The van der Waals surface area contributed by atoms with Crippen molar-refractivity contribution in [2.45, 2.75) is 39.2 Å². The van der Waals surface area contributed by atoms with Crippen molar-refractivity contribution in [3.8, 4) is 0 Å². The molecule has 0 saturated heterocycles. The third-order valence-electron chi connectivity index (χ3n) is 3.08. The monoisotopic (exact) mass is 256 g/mol. The second kappa shape index (κ2) is 6.05. The first-order chi connectivity index (χ1) is 8.42. The SMILES string of the molecule is CCOC(C)(CC)C(=O)Cc1ccc(F)c(F)c1. The number of carbonyl (C=O) groups is 1. The van der Waals surface area contributed by atoms with Crippen LogP contribution in [0.25, 0.3) is 0 Å². The van der Waals surface area contributed by atoms with Gasteiger partial charge in [0.1, 0.15) is 5.60 Å². The highest BCUT2D eigenvalue weighted by molar-refractivity contribution is 5.88. The average Bonchev–Trinajstić information content (AvgIpc) is 2.34. The Labute approximate surface area is 106 Å². The summed E-state index contributed by atoms with van der Waals surface area (Å²) in [5, 5.41) is 0. The van der Waals surface area contributed by atoms with Crippen LogP contribution in [-0.4, -0.2) is 18.0 Å². The Bertz CT molecular complexity index is 432. The van der Waals surface area contributed by atoms with Crippen LogP contribution in [0.3, 0.4) is 0 Å². The van der Waals surface area contributed by atoms with Crippen LogP contribution in [0, 0.1) is 11.6 Å². The van der Waals surface area contributed by atoms with Crippen LogP contribution in [0.4, 0.5) is 8.78 Å². The van der Waals surface area contributed by atoms with Crippen molar-refractivity contribution in [1.82, 2.24) is 0 Å². The molecule has 2 nitrogen and oxygen atoms in total. The number of rotatable bonds is 6. The molecule has 0 aliphatic heterocycles. The molecule has 0 saturated carbocycles. The molecule has 0 N–H and O–H groups in total. The molecule has 18 heavy (non-hydrogen) atoms. The highest BCUT2D eigenvalue weighted by Crippen LogP contribution is 2.20. The second-order valence-corrected chi connectivity index (χ2v) is 4.37. The molecule has 0 aromatic heterocycles. The quantitative estimate of drug-likeness (QED) is 0.780. The zero-order valence-corrected chi connectivity index (χ0v) is 10.9. The van der Waals surface area contributed by atoms with Crippen LogP contribution < -0.4 is 0 Å². The Morgan fingerprint density at radius 1 is 1.28 bits per heavy atom. The van der Waals surface area contributed by atoms with Crippen molar-refractivity contribution < 1.29 is 18.3 Å². The minimum absolute atomic E-state index is 0.0432. The molecule has 0 heterocycles. The number of hydrogen-bond donors (Lipinski definition) is 0. The van der Waals surface area contributed by atoms with E-state index in [1.54, 1.807) is 6.92 Å². The lowest BCUT2D eigenvalue weighted by molar-refractivity contribution is -0.141. The number of ketones is 1. The van der Waals surface area contributed by atoms with Gasteiger partial charge in [-0.05, 0) is 38.0 Å². The van der Waals surface area contributed by atoms with Crippen LogP contribution in [0.1, 0.15) is 32.8 Å². The summed E-state index contributed by atoms with van der Waals surface area (Å²) in [6.07, 6.45) is 0.588. The summed E-state index contributed by atoms with van der Waals surface area (Å²) in [5.74, 6) is -1.97. The Morgan fingerprint density at radius 2 is 1.94 bits per heavy atom. The van der Waals surface area contributed by atoms with Crippen LogP contribution >= 0.6 is 0 Å². The third kappa shape index (κ3) is 3.35. The van der Waals surface area contributed by atoms with E-state index in [1.807, 2.05) is 13.8 Å². The lowest BCUT2D eigenvalue weighted by Gasteiger charge is -2.26. The van der Waals surface area contributed by atoms with E-state index in [1.165, 1.54) is 6.07 Å². The van der Waals surface area contributed by atoms with Crippen molar-refractivity contribution in [2.75, 3.05) is 6.61 Å². The van der Waals surface area contributed by atoms with Gasteiger partial charge >= 0.3 is 0 Å². The van der Waals surface area contributed by atoms with Crippen molar-refractivity contribution in [2.24, 2.45) is 0 Å². The first kappa shape index (κ1) is 14.8. The third-order valence-corrected chi connectivity index (χ3v) is 3.08. The summed E-state index contributed by atoms with van der Waals surface area (Å²) < 4.78 is 31.3. The Hall–Kier alpha value is -1.29. The minimum Gasteiger partial charge on any atom is -0.368 e. The molecule has 1 rings (SSSR count). The second-order valence-electron chi connectivity index (χ2n) is 4.37. The summed E-state index contributed by atoms with van der Waals surface area (Å²) in [4.78, 5) is 12.1. The van der Waals surface area contributed by atoms with E-state index >= 15 is 0 Å². The van der Waals surface area contributed by atoms with E-state index in [2.05, 4.69) is 0 Å². The van der Waals surface area contributed by atoms with Crippen LogP contribution in [0.15, 0.2) is 18.2 Å². The molecule has 0 spiro atoms. The highest BCUT2D eigenvalue weighted by Gasteiger charge is 2.31. The van der Waals surface area contributed by atoms with E-state index in [9.17, 15) is 13.6 Å². The van der Waals surface area contributed by atoms with Gasteiger partial charge in [-0.15, -0.1) is 0 Å². The maximum atomic E-state index is 13.0. The first-order valence-corrected chi connectivity index (χ1v) is 6.04. The number of halogens is 2. The fraction of sp³-hybridized carbons (Fsp3) is 0.500. The van der Waals surface area contributed by atoms with E-state index in [0.29, 0.717) is 18.6 Å². The first-order valence-electron chi connectivity index (χ1n) is 6.04. The fourth-order valence-corrected chi connectivity index (χ4v) is 1.72. The van der Waals surface area contributed by atoms with Gasteiger partial charge in [0.05, 0.1) is 0 Å². The van der Waals surface area contributed by atoms with E-state index in [4.69, 9.17) is 4.74 Å². The molecule has 0 aliphatic rings. The van der Waals surface area contributed by atoms with Gasteiger partial charge in [0.15, 0.2) is 17.4 Å². The number of carbonyl (C=O) groups excluding carboxylic acids is 1.